The van der Waals surface area contributed by atoms with Crippen LogP contribution in [0.3, 0.4) is 0 Å². The molecule has 0 spiro atoms. The molecule has 0 heterocycles. The topological polar surface area (TPSA) is 52.6 Å². The zero-order valence-electron chi connectivity index (χ0n) is 8.87. The fourth-order valence-corrected chi connectivity index (χ4v) is 0.739. The van der Waals surface area contributed by atoms with E-state index in [0.29, 0.717) is 0 Å². The van der Waals surface area contributed by atoms with Crippen LogP contribution in [-0.2, 0) is 4.79 Å². The number of likely N-dealkylation sites (N-methyl/N-ethyl adjacent to an activating group) is 1. The molecule has 1 atom stereocenters. The molecule has 0 rings (SSSR count). The second-order valence-corrected chi connectivity index (χ2v) is 3.56. The van der Waals surface area contributed by atoms with Crippen molar-refractivity contribution in [1.29, 1.82) is 0 Å². The van der Waals surface area contributed by atoms with Crippen LogP contribution in [0.1, 0.15) is 20.8 Å². The van der Waals surface area contributed by atoms with Gasteiger partial charge < -0.3 is 15.3 Å². The molecular formula is C9H20N2O2. The van der Waals surface area contributed by atoms with Crippen LogP contribution in [0.2, 0.25) is 0 Å². The van der Waals surface area contributed by atoms with Crippen LogP contribution in [-0.4, -0.2) is 48.2 Å². The Morgan fingerprint density at radius 3 is 2.38 bits per heavy atom. The Hall–Kier alpha value is -0.610. The molecule has 0 aromatic carbocycles. The van der Waals surface area contributed by atoms with Crippen LogP contribution in [0.15, 0.2) is 0 Å². The minimum atomic E-state index is -0.0236. The summed E-state index contributed by atoms with van der Waals surface area (Å²) in [6.45, 7) is 6.11. The van der Waals surface area contributed by atoms with E-state index < -0.39 is 0 Å². The molecule has 4 heteroatoms. The van der Waals surface area contributed by atoms with E-state index in [2.05, 4.69) is 5.32 Å². The highest BCUT2D eigenvalue weighted by Crippen LogP contribution is 1.93. The van der Waals surface area contributed by atoms with Crippen molar-refractivity contribution in [2.24, 2.45) is 0 Å². The number of aliphatic hydroxyl groups is 1. The van der Waals surface area contributed by atoms with Gasteiger partial charge in [-0.15, -0.1) is 0 Å². The smallest absolute Gasteiger partial charge is 0.236 e. The van der Waals surface area contributed by atoms with Crippen molar-refractivity contribution in [1.82, 2.24) is 10.2 Å². The van der Waals surface area contributed by atoms with E-state index in [4.69, 9.17) is 5.11 Å². The molecule has 0 aliphatic rings. The largest absolute Gasteiger partial charge is 0.395 e. The van der Waals surface area contributed by atoms with Crippen LogP contribution in [0, 0.1) is 0 Å². The molecule has 78 valence electrons. The zero-order valence-corrected chi connectivity index (χ0v) is 8.87. The van der Waals surface area contributed by atoms with Crippen molar-refractivity contribution < 1.29 is 9.90 Å². The van der Waals surface area contributed by atoms with E-state index in [0.717, 1.165) is 0 Å². The summed E-state index contributed by atoms with van der Waals surface area (Å²) in [7, 11) is 1.78. The van der Waals surface area contributed by atoms with Crippen molar-refractivity contribution >= 4 is 5.91 Å². The van der Waals surface area contributed by atoms with E-state index >= 15 is 0 Å². The third-order valence-corrected chi connectivity index (χ3v) is 2.04. The van der Waals surface area contributed by atoms with Gasteiger partial charge in [0.1, 0.15) is 0 Å². The lowest BCUT2D eigenvalue weighted by Crippen LogP contribution is -2.42. The Labute approximate surface area is 79.9 Å². The van der Waals surface area contributed by atoms with Gasteiger partial charge in [0.15, 0.2) is 0 Å². The number of aliphatic hydroxyl groups excluding tert-OH is 1. The first kappa shape index (κ1) is 12.4. The van der Waals surface area contributed by atoms with E-state index in [9.17, 15) is 4.79 Å². The first-order valence-electron chi connectivity index (χ1n) is 4.59. The average Bonchev–Trinajstić information content (AvgIpc) is 2.11. The molecule has 2 N–H and O–H groups in total. The van der Waals surface area contributed by atoms with Crippen LogP contribution in [0.5, 0.6) is 0 Å². The minimum absolute atomic E-state index is 0.0236. The Bertz CT molecular complexity index is 160. The van der Waals surface area contributed by atoms with Crippen molar-refractivity contribution in [3.8, 4) is 0 Å². The maximum atomic E-state index is 11.4. The average molecular weight is 188 g/mol. The number of hydrogen-bond acceptors (Lipinski definition) is 3. The molecule has 0 saturated heterocycles. The lowest BCUT2D eigenvalue weighted by Gasteiger charge is -2.22. The molecule has 0 fully saturated rings. The summed E-state index contributed by atoms with van der Waals surface area (Å²) in [5.41, 5.74) is 0. The molecule has 1 amide bonds. The molecule has 0 radical (unpaired) electrons. The lowest BCUT2D eigenvalue weighted by atomic mass is 10.3. The van der Waals surface area contributed by atoms with Crippen LogP contribution in [0.25, 0.3) is 0 Å². The summed E-state index contributed by atoms with van der Waals surface area (Å²) < 4.78 is 0. The third-order valence-electron chi connectivity index (χ3n) is 2.04. The number of nitrogens with zero attached hydrogens (tertiary/aromatic N) is 1. The van der Waals surface area contributed by atoms with Gasteiger partial charge in [-0.05, 0) is 20.8 Å². The number of nitrogens with one attached hydrogen (secondary N) is 1. The van der Waals surface area contributed by atoms with Crippen molar-refractivity contribution in [3.05, 3.63) is 0 Å². The Kier molecular flexibility index (Phi) is 5.66. The fourth-order valence-electron chi connectivity index (χ4n) is 0.739. The molecule has 13 heavy (non-hydrogen) atoms. The first-order valence-corrected chi connectivity index (χ1v) is 4.59. The predicted molar refractivity (Wildman–Crippen MR) is 52.5 cm³/mol. The van der Waals surface area contributed by atoms with Crippen molar-refractivity contribution in [3.63, 3.8) is 0 Å². The molecule has 0 saturated carbocycles. The summed E-state index contributed by atoms with van der Waals surface area (Å²) in [6, 6.07) is 0.197. The maximum absolute atomic E-state index is 11.4. The molecule has 0 aromatic heterocycles. The summed E-state index contributed by atoms with van der Waals surface area (Å²) >= 11 is 0. The van der Waals surface area contributed by atoms with E-state index in [-0.39, 0.29) is 31.1 Å². The minimum Gasteiger partial charge on any atom is -0.395 e. The van der Waals surface area contributed by atoms with Crippen LogP contribution in [0.4, 0.5) is 0 Å². The summed E-state index contributed by atoms with van der Waals surface area (Å²) in [5.74, 6) is 0.0512. The lowest BCUT2D eigenvalue weighted by molar-refractivity contribution is -0.130. The predicted octanol–water partition coefficient (Wildman–Crippen LogP) is -0.176. The van der Waals surface area contributed by atoms with Gasteiger partial charge in [0.25, 0.3) is 0 Å². The number of hydrogen-bond donors (Lipinski definition) is 2. The van der Waals surface area contributed by atoms with E-state index in [1.165, 1.54) is 0 Å². The summed E-state index contributed by atoms with van der Waals surface area (Å²) in [4.78, 5) is 13.1. The van der Waals surface area contributed by atoms with Gasteiger partial charge in [-0.3, -0.25) is 4.79 Å². The van der Waals surface area contributed by atoms with E-state index in [1.807, 2.05) is 20.8 Å². The normalized spacial score (nSPS) is 13.1. The van der Waals surface area contributed by atoms with Crippen molar-refractivity contribution in [2.75, 3.05) is 20.2 Å². The molecular weight excluding hydrogens is 168 g/mol. The highest BCUT2D eigenvalue weighted by molar-refractivity contribution is 5.78. The standard InChI is InChI=1S/C9H20N2O2/c1-7(2)11(4)9(13)5-10-8(3)6-12/h7-8,10,12H,5-6H2,1-4H3. The van der Waals surface area contributed by atoms with Crippen molar-refractivity contribution in [2.45, 2.75) is 32.9 Å². The summed E-state index contributed by atoms with van der Waals surface area (Å²) in [5, 5.41) is 11.6. The Morgan fingerprint density at radius 2 is 2.00 bits per heavy atom. The molecule has 0 bridgehead atoms. The van der Waals surface area contributed by atoms with Gasteiger partial charge in [-0.25, -0.2) is 0 Å². The number of carbonyl (C=O) groups is 1. The quantitative estimate of drug-likeness (QED) is 0.629. The van der Waals surface area contributed by atoms with Gasteiger partial charge >= 0.3 is 0 Å². The zero-order chi connectivity index (χ0) is 10.4. The van der Waals surface area contributed by atoms with Gasteiger partial charge in [-0.2, -0.15) is 0 Å². The van der Waals surface area contributed by atoms with Gasteiger partial charge in [0, 0.05) is 19.1 Å². The molecule has 0 aliphatic heterocycles. The highest BCUT2D eigenvalue weighted by Gasteiger charge is 2.11. The fraction of sp³-hybridized carbons (Fsp3) is 0.889. The molecule has 0 aromatic rings. The molecule has 0 aliphatic carbocycles. The number of carbonyl (C=O) groups excluding carboxylic acids is 1. The van der Waals surface area contributed by atoms with Crippen LogP contribution < -0.4 is 5.32 Å². The van der Waals surface area contributed by atoms with Gasteiger partial charge in [0.05, 0.1) is 13.2 Å². The van der Waals surface area contributed by atoms with Crippen LogP contribution >= 0.6 is 0 Å². The first-order chi connectivity index (χ1) is 5.99. The second kappa shape index (κ2) is 5.94. The molecule has 1 unspecified atom stereocenters. The second-order valence-electron chi connectivity index (χ2n) is 3.56. The highest BCUT2D eigenvalue weighted by atomic mass is 16.3. The van der Waals surface area contributed by atoms with Gasteiger partial charge in [0.2, 0.25) is 5.91 Å². The Balaban J connectivity index is 3.74. The number of amides is 1. The Morgan fingerprint density at radius 1 is 1.46 bits per heavy atom. The monoisotopic (exact) mass is 188 g/mol. The SMILES string of the molecule is CC(CO)NCC(=O)N(C)C(C)C. The van der Waals surface area contributed by atoms with E-state index in [1.54, 1.807) is 11.9 Å². The third kappa shape index (κ3) is 4.85. The molecule has 4 nitrogen and oxygen atoms in total. The van der Waals surface area contributed by atoms with Gasteiger partial charge in [-0.1, -0.05) is 0 Å². The summed E-state index contributed by atoms with van der Waals surface area (Å²) in [6.07, 6.45) is 0. The maximum Gasteiger partial charge on any atom is 0.236 e. The number of rotatable bonds is 5.